The highest BCUT2D eigenvalue weighted by Crippen LogP contribution is 2.31. The zero-order valence-corrected chi connectivity index (χ0v) is 14.5. The van der Waals surface area contributed by atoms with Gasteiger partial charge in [-0.2, -0.15) is 0 Å². The molecule has 0 saturated heterocycles. The summed E-state index contributed by atoms with van der Waals surface area (Å²) < 4.78 is 28.5. The number of hydrogen-bond acceptors (Lipinski definition) is 3. The van der Waals surface area contributed by atoms with Crippen LogP contribution in [0, 0.1) is 5.92 Å². The first-order chi connectivity index (χ1) is 8.54. The average molecular weight is 417 g/mol. The first kappa shape index (κ1) is 15.0. The number of nitrogens with one attached hydrogen (secondary N) is 1. The minimum Gasteiger partial charge on any atom is -0.207 e. The van der Waals surface area contributed by atoms with E-state index < -0.39 is 10.0 Å². The fourth-order valence-corrected chi connectivity index (χ4v) is 6.74. The number of alkyl halides is 1. The largest absolute Gasteiger partial charge is 0.251 e. The maximum absolute atomic E-state index is 12.3. The Hall–Kier alpha value is 0.570. The summed E-state index contributed by atoms with van der Waals surface area (Å²) in [6, 6.07) is 1.82. The topological polar surface area (TPSA) is 46.2 Å². The Bertz CT molecular complexity index is 501. The number of hydrogen-bond donors (Lipinski definition) is 1. The van der Waals surface area contributed by atoms with Gasteiger partial charge >= 0.3 is 0 Å². The zero-order chi connectivity index (χ0) is 13.2. The Balaban J connectivity index is 2.15. The van der Waals surface area contributed by atoms with E-state index in [1.165, 1.54) is 17.8 Å². The van der Waals surface area contributed by atoms with E-state index in [4.69, 9.17) is 0 Å². The monoisotopic (exact) mass is 415 g/mol. The zero-order valence-electron chi connectivity index (χ0n) is 9.73. The second kappa shape index (κ2) is 6.35. The van der Waals surface area contributed by atoms with Crippen LogP contribution in [0.3, 0.4) is 0 Å². The minimum absolute atomic E-state index is 0.0529. The van der Waals surface area contributed by atoms with Gasteiger partial charge in [-0.1, -0.05) is 28.8 Å². The van der Waals surface area contributed by atoms with Crippen molar-refractivity contribution in [1.29, 1.82) is 0 Å². The number of sulfonamides is 1. The van der Waals surface area contributed by atoms with E-state index in [1.54, 1.807) is 11.4 Å². The van der Waals surface area contributed by atoms with Crippen LogP contribution in [0.5, 0.6) is 0 Å². The molecule has 3 nitrogen and oxygen atoms in total. The maximum atomic E-state index is 12.3. The predicted molar refractivity (Wildman–Crippen MR) is 81.9 cm³/mol. The van der Waals surface area contributed by atoms with E-state index in [1.807, 2.05) is 0 Å². The summed E-state index contributed by atoms with van der Waals surface area (Å²) in [5, 5.41) is 2.63. The quantitative estimate of drug-likeness (QED) is 0.759. The molecule has 1 heterocycles. The van der Waals surface area contributed by atoms with E-state index in [-0.39, 0.29) is 6.04 Å². The molecule has 7 heteroatoms. The predicted octanol–water partition coefficient (Wildman–Crippen LogP) is 3.74. The molecule has 1 aromatic rings. The molecule has 2 atom stereocenters. The molecule has 102 valence electrons. The molecule has 1 aromatic heterocycles. The molecule has 0 spiro atoms. The highest BCUT2D eigenvalue weighted by Gasteiger charge is 2.30. The first-order valence-corrected chi connectivity index (χ1v) is 10.1. The summed E-state index contributed by atoms with van der Waals surface area (Å²) in [6.07, 6.45) is 4.31. The van der Waals surface area contributed by atoms with Crippen LogP contribution in [0.25, 0.3) is 0 Å². The van der Waals surface area contributed by atoms with Crippen LogP contribution >= 0.6 is 43.2 Å². The van der Waals surface area contributed by atoms with Gasteiger partial charge in [-0.05, 0) is 46.1 Å². The number of rotatable bonds is 4. The van der Waals surface area contributed by atoms with Crippen LogP contribution in [0.15, 0.2) is 20.1 Å². The summed E-state index contributed by atoms with van der Waals surface area (Å²) in [4.78, 5) is 0. The molecule has 1 aliphatic carbocycles. The third-order valence-electron chi connectivity index (χ3n) is 3.24. The van der Waals surface area contributed by atoms with Gasteiger partial charge in [-0.25, -0.2) is 13.1 Å². The summed E-state index contributed by atoms with van der Waals surface area (Å²) in [5.74, 6) is 0.396. The number of halogens is 2. The molecular weight excluding hydrogens is 402 g/mol. The van der Waals surface area contributed by atoms with E-state index in [9.17, 15) is 8.42 Å². The standard InChI is InChI=1S/C11H15Br2NO2S2/c12-7-8-3-1-2-4-10(8)14-18(15,16)11-9(13)5-6-17-11/h5-6,8,10,14H,1-4,7H2. The Morgan fingerprint density at radius 1 is 1.39 bits per heavy atom. The summed E-state index contributed by atoms with van der Waals surface area (Å²) >= 11 is 8.01. The normalized spacial score (nSPS) is 25.2. The van der Waals surface area contributed by atoms with Crippen molar-refractivity contribution in [3.63, 3.8) is 0 Å². The molecule has 1 saturated carbocycles. The van der Waals surface area contributed by atoms with E-state index in [0.717, 1.165) is 24.6 Å². The van der Waals surface area contributed by atoms with Crippen molar-refractivity contribution in [1.82, 2.24) is 4.72 Å². The van der Waals surface area contributed by atoms with Crippen molar-refractivity contribution >= 4 is 53.2 Å². The minimum atomic E-state index is -3.39. The summed E-state index contributed by atoms with van der Waals surface area (Å²) in [6.45, 7) is 0. The highest BCUT2D eigenvalue weighted by atomic mass is 79.9. The van der Waals surface area contributed by atoms with Crippen molar-refractivity contribution < 1.29 is 8.42 Å². The third kappa shape index (κ3) is 3.36. The third-order valence-corrected chi connectivity index (χ3v) is 8.23. The second-order valence-electron chi connectivity index (χ2n) is 4.48. The van der Waals surface area contributed by atoms with Gasteiger partial charge in [0, 0.05) is 15.8 Å². The van der Waals surface area contributed by atoms with Gasteiger partial charge in [-0.15, -0.1) is 11.3 Å². The van der Waals surface area contributed by atoms with Crippen LogP contribution < -0.4 is 4.72 Å². The molecule has 1 N–H and O–H groups in total. The SMILES string of the molecule is O=S(=O)(NC1CCCCC1CBr)c1sccc1Br. The smallest absolute Gasteiger partial charge is 0.207 e. The Kier molecular flexibility index (Phi) is 5.28. The molecule has 1 fully saturated rings. The van der Waals surface area contributed by atoms with Crippen molar-refractivity contribution in [3.8, 4) is 0 Å². The van der Waals surface area contributed by atoms with E-state index in [0.29, 0.717) is 14.6 Å². The van der Waals surface area contributed by atoms with Crippen molar-refractivity contribution in [3.05, 3.63) is 15.9 Å². The van der Waals surface area contributed by atoms with Gasteiger partial charge in [0.1, 0.15) is 4.21 Å². The first-order valence-electron chi connectivity index (χ1n) is 5.86. The lowest BCUT2D eigenvalue weighted by Crippen LogP contribution is -2.42. The van der Waals surface area contributed by atoms with Crippen molar-refractivity contribution in [2.75, 3.05) is 5.33 Å². The van der Waals surface area contributed by atoms with Gasteiger partial charge in [0.05, 0.1) is 0 Å². The molecule has 18 heavy (non-hydrogen) atoms. The van der Waals surface area contributed by atoms with Gasteiger partial charge in [0.25, 0.3) is 10.0 Å². The second-order valence-corrected chi connectivity index (χ2v) is 8.81. The van der Waals surface area contributed by atoms with Crippen LogP contribution in [0.1, 0.15) is 25.7 Å². The van der Waals surface area contributed by atoms with Crippen molar-refractivity contribution in [2.24, 2.45) is 5.92 Å². The molecular formula is C11H15Br2NO2S2. The molecule has 0 aromatic carbocycles. The van der Waals surface area contributed by atoms with E-state index >= 15 is 0 Å². The molecule has 2 unspecified atom stereocenters. The average Bonchev–Trinajstić information content (AvgIpc) is 2.76. The maximum Gasteiger partial charge on any atom is 0.251 e. The fourth-order valence-electron chi connectivity index (χ4n) is 2.27. The van der Waals surface area contributed by atoms with E-state index in [2.05, 4.69) is 36.6 Å². The summed E-state index contributed by atoms with van der Waals surface area (Å²) in [7, 11) is -3.39. The van der Waals surface area contributed by atoms with Crippen LogP contribution in [-0.4, -0.2) is 19.8 Å². The van der Waals surface area contributed by atoms with Crippen LogP contribution in [0.2, 0.25) is 0 Å². The van der Waals surface area contributed by atoms with Gasteiger partial charge in [0.2, 0.25) is 0 Å². The lowest BCUT2D eigenvalue weighted by Gasteiger charge is -2.30. The molecule has 2 rings (SSSR count). The molecule has 0 bridgehead atoms. The van der Waals surface area contributed by atoms with Crippen molar-refractivity contribution in [2.45, 2.75) is 35.9 Å². The fraction of sp³-hybridized carbons (Fsp3) is 0.636. The number of thiophene rings is 1. The van der Waals surface area contributed by atoms with Gasteiger partial charge < -0.3 is 0 Å². The molecule has 1 aliphatic rings. The van der Waals surface area contributed by atoms with Crippen LogP contribution in [-0.2, 0) is 10.0 Å². The lowest BCUT2D eigenvalue weighted by atomic mass is 9.87. The molecule has 0 aliphatic heterocycles. The van der Waals surface area contributed by atoms with Crippen LogP contribution in [0.4, 0.5) is 0 Å². The lowest BCUT2D eigenvalue weighted by molar-refractivity contribution is 0.317. The molecule has 0 amide bonds. The Labute approximate surface area is 129 Å². The highest BCUT2D eigenvalue weighted by molar-refractivity contribution is 9.10. The van der Waals surface area contributed by atoms with Gasteiger partial charge in [0.15, 0.2) is 0 Å². The van der Waals surface area contributed by atoms with Gasteiger partial charge in [-0.3, -0.25) is 0 Å². The Morgan fingerprint density at radius 3 is 2.72 bits per heavy atom. The summed E-state index contributed by atoms with van der Waals surface area (Å²) in [5.41, 5.74) is 0. The molecule has 0 radical (unpaired) electrons. The Morgan fingerprint density at radius 2 is 2.11 bits per heavy atom.